The maximum absolute atomic E-state index is 12.2. The van der Waals surface area contributed by atoms with Crippen molar-refractivity contribution in [1.82, 2.24) is 20.1 Å². The fraction of sp³-hybridized carbons (Fsp3) is 0.318. The molecule has 1 heterocycles. The number of benzene rings is 2. The third-order valence-corrected chi connectivity index (χ3v) is 5.60. The number of aromatic nitrogens is 3. The van der Waals surface area contributed by atoms with E-state index in [-0.39, 0.29) is 11.7 Å². The van der Waals surface area contributed by atoms with Gasteiger partial charge in [0.15, 0.2) is 11.0 Å². The van der Waals surface area contributed by atoms with E-state index in [0.717, 1.165) is 29.8 Å². The lowest BCUT2D eigenvalue weighted by molar-refractivity contribution is -0.118. The molecule has 0 bridgehead atoms. The van der Waals surface area contributed by atoms with Gasteiger partial charge in [-0.05, 0) is 49.7 Å². The molecular formula is C22H25ClN4O2S. The molecule has 0 unspecified atom stereocenters. The van der Waals surface area contributed by atoms with Crippen LogP contribution in [0, 0.1) is 0 Å². The lowest BCUT2D eigenvalue weighted by Crippen LogP contribution is -2.26. The second kappa shape index (κ2) is 11.0. The Hall–Kier alpha value is -2.51. The molecule has 0 saturated carbocycles. The van der Waals surface area contributed by atoms with Crippen molar-refractivity contribution in [3.63, 3.8) is 0 Å². The van der Waals surface area contributed by atoms with Crippen LogP contribution >= 0.6 is 23.4 Å². The summed E-state index contributed by atoms with van der Waals surface area (Å²) in [6.07, 6.45) is 2.01. The van der Waals surface area contributed by atoms with E-state index in [1.54, 1.807) is 0 Å². The molecule has 3 aromatic rings. The topological polar surface area (TPSA) is 69.0 Å². The number of hydrogen-bond acceptors (Lipinski definition) is 5. The number of hydrogen-bond donors (Lipinski definition) is 1. The summed E-state index contributed by atoms with van der Waals surface area (Å²) in [5.41, 5.74) is 1.65. The van der Waals surface area contributed by atoms with Crippen LogP contribution in [0.25, 0.3) is 17.1 Å². The molecule has 0 aliphatic carbocycles. The van der Waals surface area contributed by atoms with E-state index >= 15 is 0 Å². The molecule has 6 nitrogen and oxygen atoms in total. The maximum atomic E-state index is 12.2. The van der Waals surface area contributed by atoms with Crippen molar-refractivity contribution in [3.8, 4) is 22.8 Å². The first-order valence-corrected chi connectivity index (χ1v) is 11.3. The Bertz CT molecular complexity index is 976. The molecule has 8 heteroatoms. The first-order valence-electron chi connectivity index (χ1n) is 9.97. The average molecular weight is 445 g/mol. The number of unbranched alkanes of at least 4 members (excludes halogenated alkanes) is 1. The molecule has 0 aliphatic heterocycles. The second-order valence-electron chi connectivity index (χ2n) is 6.54. The number of halogens is 1. The Kier molecular flexibility index (Phi) is 8.16. The maximum Gasteiger partial charge on any atom is 0.230 e. The summed E-state index contributed by atoms with van der Waals surface area (Å²) in [7, 11) is 0. The van der Waals surface area contributed by atoms with E-state index in [9.17, 15) is 4.79 Å². The number of carbonyl (C=O) groups is 1. The van der Waals surface area contributed by atoms with Gasteiger partial charge in [0.2, 0.25) is 5.91 Å². The highest BCUT2D eigenvalue weighted by atomic mass is 35.5. The Morgan fingerprint density at radius 3 is 2.60 bits per heavy atom. The lowest BCUT2D eigenvalue weighted by atomic mass is 10.2. The van der Waals surface area contributed by atoms with Crippen molar-refractivity contribution in [3.05, 3.63) is 53.6 Å². The van der Waals surface area contributed by atoms with Gasteiger partial charge in [0.1, 0.15) is 5.75 Å². The van der Waals surface area contributed by atoms with Crippen LogP contribution in [-0.4, -0.2) is 39.6 Å². The van der Waals surface area contributed by atoms with Gasteiger partial charge in [-0.25, -0.2) is 0 Å². The number of ether oxygens (including phenoxy) is 1. The third kappa shape index (κ3) is 5.55. The van der Waals surface area contributed by atoms with Crippen LogP contribution in [0.4, 0.5) is 0 Å². The molecule has 0 fully saturated rings. The van der Waals surface area contributed by atoms with Crippen LogP contribution in [0.3, 0.4) is 0 Å². The highest BCUT2D eigenvalue weighted by Gasteiger charge is 2.19. The Morgan fingerprint density at radius 1 is 1.13 bits per heavy atom. The van der Waals surface area contributed by atoms with E-state index in [0.29, 0.717) is 29.2 Å². The number of nitrogens with zero attached hydrogens (tertiary/aromatic N) is 3. The summed E-state index contributed by atoms with van der Waals surface area (Å²) in [5.74, 6) is 1.66. The first kappa shape index (κ1) is 22.2. The predicted octanol–water partition coefficient (Wildman–Crippen LogP) is 4.99. The van der Waals surface area contributed by atoms with Gasteiger partial charge < -0.3 is 10.1 Å². The van der Waals surface area contributed by atoms with Gasteiger partial charge in [0.25, 0.3) is 0 Å². The molecule has 0 saturated heterocycles. The number of amides is 1. The molecule has 1 amide bonds. The van der Waals surface area contributed by atoms with E-state index < -0.39 is 0 Å². The molecule has 2 aromatic carbocycles. The summed E-state index contributed by atoms with van der Waals surface area (Å²) in [6.45, 7) is 5.33. The average Bonchev–Trinajstić information content (AvgIpc) is 3.17. The van der Waals surface area contributed by atoms with Crippen LogP contribution < -0.4 is 10.1 Å². The molecule has 1 aromatic heterocycles. The summed E-state index contributed by atoms with van der Waals surface area (Å²) in [5, 5.41) is 12.9. The standard InChI is InChI=1S/C22H25ClN4O2S/c1-3-5-14-24-20(28)15-30-22-26-25-21(18-8-6-7-9-19(18)23)27(22)16-10-12-17(13-11-16)29-4-2/h6-13H,3-5,14-15H2,1-2H3,(H,24,28). The van der Waals surface area contributed by atoms with Crippen LogP contribution in [0.2, 0.25) is 5.02 Å². The lowest BCUT2D eigenvalue weighted by Gasteiger charge is -2.12. The molecule has 158 valence electrons. The molecular weight excluding hydrogens is 420 g/mol. The van der Waals surface area contributed by atoms with Crippen LogP contribution in [0.15, 0.2) is 53.7 Å². The molecule has 30 heavy (non-hydrogen) atoms. The number of thioether (sulfide) groups is 1. The van der Waals surface area contributed by atoms with E-state index in [1.165, 1.54) is 11.8 Å². The minimum Gasteiger partial charge on any atom is -0.494 e. The van der Waals surface area contributed by atoms with E-state index in [4.69, 9.17) is 16.3 Å². The van der Waals surface area contributed by atoms with Crippen molar-refractivity contribution >= 4 is 29.3 Å². The molecule has 1 N–H and O–H groups in total. The van der Waals surface area contributed by atoms with Gasteiger partial charge in [-0.2, -0.15) is 0 Å². The van der Waals surface area contributed by atoms with Crippen LogP contribution in [-0.2, 0) is 4.79 Å². The largest absolute Gasteiger partial charge is 0.494 e. The van der Waals surface area contributed by atoms with Crippen molar-refractivity contribution in [2.45, 2.75) is 31.8 Å². The normalized spacial score (nSPS) is 10.8. The molecule has 0 aliphatic rings. The fourth-order valence-corrected chi connectivity index (χ4v) is 3.86. The molecule has 0 atom stereocenters. The Morgan fingerprint density at radius 2 is 1.90 bits per heavy atom. The zero-order valence-corrected chi connectivity index (χ0v) is 18.7. The monoisotopic (exact) mass is 444 g/mol. The highest BCUT2D eigenvalue weighted by Crippen LogP contribution is 2.32. The quantitative estimate of drug-likeness (QED) is 0.352. The van der Waals surface area contributed by atoms with Crippen molar-refractivity contribution in [1.29, 1.82) is 0 Å². The van der Waals surface area contributed by atoms with Gasteiger partial charge in [-0.1, -0.05) is 48.8 Å². The SMILES string of the molecule is CCCCNC(=O)CSc1nnc(-c2ccccc2Cl)n1-c1ccc(OCC)cc1. The summed E-state index contributed by atoms with van der Waals surface area (Å²) < 4.78 is 7.47. The van der Waals surface area contributed by atoms with E-state index in [2.05, 4.69) is 22.4 Å². The second-order valence-corrected chi connectivity index (χ2v) is 7.89. The highest BCUT2D eigenvalue weighted by molar-refractivity contribution is 7.99. The fourth-order valence-electron chi connectivity index (χ4n) is 2.86. The van der Waals surface area contributed by atoms with Crippen molar-refractivity contribution in [2.75, 3.05) is 18.9 Å². The predicted molar refractivity (Wildman–Crippen MR) is 122 cm³/mol. The molecule has 3 rings (SSSR count). The van der Waals surface area contributed by atoms with Crippen LogP contribution in [0.1, 0.15) is 26.7 Å². The summed E-state index contributed by atoms with van der Waals surface area (Å²) in [4.78, 5) is 12.2. The number of rotatable bonds is 10. The van der Waals surface area contributed by atoms with Crippen molar-refractivity contribution in [2.24, 2.45) is 0 Å². The van der Waals surface area contributed by atoms with Gasteiger partial charge >= 0.3 is 0 Å². The molecule has 0 radical (unpaired) electrons. The third-order valence-electron chi connectivity index (χ3n) is 4.34. The molecule has 0 spiro atoms. The van der Waals surface area contributed by atoms with Crippen LogP contribution in [0.5, 0.6) is 5.75 Å². The van der Waals surface area contributed by atoms with Gasteiger partial charge in [-0.3, -0.25) is 9.36 Å². The zero-order valence-electron chi connectivity index (χ0n) is 17.1. The first-order chi connectivity index (χ1) is 14.6. The summed E-state index contributed by atoms with van der Waals surface area (Å²) in [6, 6.07) is 15.2. The minimum absolute atomic E-state index is 0.0195. The number of carbonyl (C=O) groups excluding carboxylic acids is 1. The van der Waals surface area contributed by atoms with E-state index in [1.807, 2.05) is 60.0 Å². The zero-order chi connectivity index (χ0) is 21.3. The summed E-state index contributed by atoms with van der Waals surface area (Å²) >= 11 is 7.77. The van der Waals surface area contributed by atoms with Crippen molar-refractivity contribution < 1.29 is 9.53 Å². The Balaban J connectivity index is 1.91. The van der Waals surface area contributed by atoms with Gasteiger partial charge in [-0.15, -0.1) is 10.2 Å². The van der Waals surface area contributed by atoms with Gasteiger partial charge in [0.05, 0.1) is 17.4 Å². The smallest absolute Gasteiger partial charge is 0.230 e. The number of nitrogens with one attached hydrogen (secondary N) is 1. The minimum atomic E-state index is -0.0195. The van der Waals surface area contributed by atoms with Gasteiger partial charge in [0, 0.05) is 17.8 Å². The Labute approximate surface area is 186 Å².